The highest BCUT2D eigenvalue weighted by molar-refractivity contribution is 9.11. The minimum atomic E-state index is -0.319. The van der Waals surface area contributed by atoms with Gasteiger partial charge in [0.05, 0.1) is 6.10 Å². The molecule has 1 aromatic heterocycles. The predicted octanol–water partition coefficient (Wildman–Crippen LogP) is 2.53. The number of likely N-dealkylation sites (tertiary alicyclic amines) is 1. The fraction of sp³-hybridized carbons (Fsp3) is 0.667. The molecule has 0 aliphatic carbocycles. The van der Waals surface area contributed by atoms with Gasteiger partial charge in [0.2, 0.25) is 0 Å². The Labute approximate surface area is 119 Å². The Morgan fingerprint density at radius 3 is 3.00 bits per heavy atom. The third-order valence-electron chi connectivity index (χ3n) is 3.12. The number of nitrogens with zero attached hydrogens (tertiary/aromatic N) is 2. The minimum Gasteiger partial charge on any atom is -0.393 e. The zero-order valence-corrected chi connectivity index (χ0v) is 12.9. The number of rotatable bonds is 1. The van der Waals surface area contributed by atoms with E-state index in [1.54, 1.807) is 10.3 Å². The van der Waals surface area contributed by atoms with Crippen LogP contribution < -0.4 is 0 Å². The molecule has 1 aromatic rings. The molecule has 0 radical (unpaired) electrons. The van der Waals surface area contributed by atoms with Crippen LogP contribution >= 0.6 is 27.3 Å². The number of hydrogen-bond acceptors (Lipinski definition) is 4. The summed E-state index contributed by atoms with van der Waals surface area (Å²) in [7, 11) is 0. The van der Waals surface area contributed by atoms with E-state index in [4.69, 9.17) is 0 Å². The number of aliphatic hydroxyl groups excluding tert-OH is 1. The van der Waals surface area contributed by atoms with Crippen LogP contribution in [0.15, 0.2) is 9.30 Å². The Kier molecular flexibility index (Phi) is 4.08. The van der Waals surface area contributed by atoms with Crippen molar-refractivity contribution in [1.82, 2.24) is 9.88 Å². The van der Waals surface area contributed by atoms with Gasteiger partial charge in [-0.25, -0.2) is 4.98 Å². The molecule has 2 heterocycles. The summed E-state index contributed by atoms with van der Waals surface area (Å²) in [6, 6.07) is 0. The number of hydrogen-bond donors (Lipinski definition) is 1. The summed E-state index contributed by atoms with van der Waals surface area (Å²) >= 11 is 4.68. The Morgan fingerprint density at radius 1 is 1.67 bits per heavy atom. The Bertz CT molecular complexity index is 447. The van der Waals surface area contributed by atoms with Crippen molar-refractivity contribution in [1.29, 1.82) is 0 Å². The molecular formula is C12H17BrN2O2S. The van der Waals surface area contributed by atoms with Gasteiger partial charge in [0.15, 0.2) is 3.92 Å². The molecule has 1 fully saturated rings. The van der Waals surface area contributed by atoms with Crippen LogP contribution in [0.2, 0.25) is 0 Å². The molecule has 1 amide bonds. The molecule has 18 heavy (non-hydrogen) atoms. The lowest BCUT2D eigenvalue weighted by Gasteiger charge is -2.29. The first kappa shape index (κ1) is 14.0. The highest BCUT2D eigenvalue weighted by Gasteiger charge is 2.32. The van der Waals surface area contributed by atoms with Gasteiger partial charge in [-0.15, -0.1) is 11.3 Å². The van der Waals surface area contributed by atoms with Crippen molar-refractivity contribution in [3.05, 3.63) is 15.0 Å². The van der Waals surface area contributed by atoms with Crippen molar-refractivity contribution in [2.24, 2.45) is 5.41 Å². The van der Waals surface area contributed by atoms with Gasteiger partial charge >= 0.3 is 0 Å². The lowest BCUT2D eigenvalue weighted by atomic mass is 9.87. The standard InChI is InChI=1S/C12H17BrN2O2S/c1-12(2)5-8(16)3-4-15(7-12)10(17)9-6-18-11(13)14-9/h6,8,16H,3-5,7H2,1-2H3. The van der Waals surface area contributed by atoms with Gasteiger partial charge in [0, 0.05) is 18.5 Å². The summed E-state index contributed by atoms with van der Waals surface area (Å²) < 4.78 is 0.722. The molecule has 1 saturated heterocycles. The second-order valence-electron chi connectivity index (χ2n) is 5.52. The molecule has 0 spiro atoms. The third-order valence-corrected chi connectivity index (χ3v) is 4.49. The zero-order chi connectivity index (χ0) is 13.3. The quantitative estimate of drug-likeness (QED) is 0.859. The Morgan fingerprint density at radius 2 is 2.39 bits per heavy atom. The molecule has 1 atom stereocenters. The van der Waals surface area contributed by atoms with Crippen LogP contribution in [0.3, 0.4) is 0 Å². The number of amides is 1. The minimum absolute atomic E-state index is 0.0425. The van der Waals surface area contributed by atoms with Crippen LogP contribution in [0.5, 0.6) is 0 Å². The predicted molar refractivity (Wildman–Crippen MR) is 74.7 cm³/mol. The van der Waals surface area contributed by atoms with Crippen molar-refractivity contribution >= 4 is 33.2 Å². The van der Waals surface area contributed by atoms with Crippen molar-refractivity contribution in [3.8, 4) is 0 Å². The Hall–Kier alpha value is -0.460. The molecule has 1 aliphatic rings. The molecule has 1 aliphatic heterocycles. The van der Waals surface area contributed by atoms with Gasteiger partial charge in [0.1, 0.15) is 5.69 Å². The van der Waals surface area contributed by atoms with E-state index in [1.165, 1.54) is 11.3 Å². The number of thiazole rings is 1. The van der Waals surface area contributed by atoms with Crippen LogP contribution in [-0.4, -0.2) is 40.1 Å². The highest BCUT2D eigenvalue weighted by Crippen LogP contribution is 2.29. The fourth-order valence-electron chi connectivity index (χ4n) is 2.39. The summed E-state index contributed by atoms with van der Waals surface area (Å²) in [6.07, 6.45) is 1.05. The van der Waals surface area contributed by atoms with Gasteiger partial charge in [-0.05, 0) is 34.2 Å². The lowest BCUT2D eigenvalue weighted by molar-refractivity contribution is 0.0699. The van der Waals surface area contributed by atoms with Gasteiger partial charge in [0.25, 0.3) is 5.91 Å². The maximum absolute atomic E-state index is 12.3. The maximum atomic E-state index is 12.3. The molecular weight excluding hydrogens is 316 g/mol. The van der Waals surface area contributed by atoms with Crippen molar-refractivity contribution in [3.63, 3.8) is 0 Å². The van der Waals surface area contributed by atoms with Gasteiger partial charge in [-0.1, -0.05) is 13.8 Å². The molecule has 2 rings (SSSR count). The number of halogens is 1. The van der Waals surface area contributed by atoms with E-state index < -0.39 is 0 Å². The molecule has 1 unspecified atom stereocenters. The average molecular weight is 333 g/mol. The first-order chi connectivity index (χ1) is 8.37. The number of carbonyl (C=O) groups is 1. The average Bonchev–Trinajstić information content (AvgIpc) is 2.63. The van der Waals surface area contributed by atoms with E-state index in [0.29, 0.717) is 25.2 Å². The largest absolute Gasteiger partial charge is 0.393 e. The summed E-state index contributed by atoms with van der Waals surface area (Å²) in [5.74, 6) is -0.0425. The van der Waals surface area contributed by atoms with Crippen LogP contribution in [0.1, 0.15) is 37.2 Å². The van der Waals surface area contributed by atoms with Gasteiger partial charge in [-0.3, -0.25) is 4.79 Å². The van der Waals surface area contributed by atoms with Crippen molar-refractivity contribution < 1.29 is 9.90 Å². The van der Waals surface area contributed by atoms with Gasteiger partial charge in [-0.2, -0.15) is 0 Å². The second-order valence-corrected chi connectivity index (χ2v) is 7.66. The van der Waals surface area contributed by atoms with E-state index >= 15 is 0 Å². The molecule has 6 heteroatoms. The topological polar surface area (TPSA) is 53.4 Å². The van der Waals surface area contributed by atoms with Crippen LogP contribution in [-0.2, 0) is 0 Å². The third kappa shape index (κ3) is 3.30. The maximum Gasteiger partial charge on any atom is 0.273 e. The van der Waals surface area contributed by atoms with E-state index in [2.05, 4.69) is 34.8 Å². The summed E-state index contributed by atoms with van der Waals surface area (Å²) in [5, 5.41) is 11.6. The second kappa shape index (κ2) is 5.27. The Balaban J connectivity index is 2.15. The van der Waals surface area contributed by atoms with E-state index in [1.807, 2.05) is 0 Å². The first-order valence-corrected chi connectivity index (χ1v) is 7.63. The monoisotopic (exact) mass is 332 g/mol. The summed E-state index contributed by atoms with van der Waals surface area (Å²) in [4.78, 5) is 18.3. The molecule has 100 valence electrons. The first-order valence-electron chi connectivity index (χ1n) is 5.96. The van der Waals surface area contributed by atoms with E-state index in [9.17, 15) is 9.90 Å². The van der Waals surface area contributed by atoms with Crippen molar-refractivity contribution in [2.45, 2.75) is 32.8 Å². The summed E-state index contributed by atoms with van der Waals surface area (Å²) in [5.41, 5.74) is 0.429. The summed E-state index contributed by atoms with van der Waals surface area (Å²) in [6.45, 7) is 5.42. The van der Waals surface area contributed by atoms with Crippen LogP contribution in [0, 0.1) is 5.41 Å². The molecule has 4 nitrogen and oxygen atoms in total. The van der Waals surface area contributed by atoms with E-state index in [0.717, 1.165) is 10.3 Å². The number of aliphatic hydroxyl groups is 1. The molecule has 1 N–H and O–H groups in total. The zero-order valence-electron chi connectivity index (χ0n) is 10.5. The number of aromatic nitrogens is 1. The van der Waals surface area contributed by atoms with Gasteiger partial charge < -0.3 is 10.0 Å². The smallest absolute Gasteiger partial charge is 0.273 e. The fourth-order valence-corrected chi connectivity index (χ4v) is 3.38. The lowest BCUT2D eigenvalue weighted by Crippen LogP contribution is -2.37. The molecule has 0 saturated carbocycles. The number of carbonyl (C=O) groups excluding carboxylic acids is 1. The van der Waals surface area contributed by atoms with E-state index in [-0.39, 0.29) is 17.4 Å². The normalized spacial score (nSPS) is 23.8. The highest BCUT2D eigenvalue weighted by atomic mass is 79.9. The van der Waals surface area contributed by atoms with Crippen molar-refractivity contribution in [2.75, 3.05) is 13.1 Å². The molecule has 0 bridgehead atoms. The van der Waals surface area contributed by atoms with Crippen LogP contribution in [0.4, 0.5) is 0 Å². The SMILES string of the molecule is CC1(C)CC(O)CCN(C(=O)c2csc(Br)n2)C1. The van der Waals surface area contributed by atoms with Crippen LogP contribution in [0.25, 0.3) is 0 Å². The molecule has 0 aromatic carbocycles.